The molecule has 0 unspecified atom stereocenters. The quantitative estimate of drug-likeness (QED) is 0.523. The maximum absolute atomic E-state index is 10.9. The van der Waals surface area contributed by atoms with E-state index in [0.29, 0.717) is 19.6 Å². The third-order valence-electron chi connectivity index (χ3n) is 1.32. The number of carbonyl (C=O) groups is 2. The molecule has 0 radical (unpaired) electrons. The molecule has 13 heavy (non-hydrogen) atoms. The Bertz CT molecular complexity index is 171. The van der Waals surface area contributed by atoms with Crippen molar-refractivity contribution in [1.82, 2.24) is 16.0 Å². The summed E-state index contributed by atoms with van der Waals surface area (Å²) in [7, 11) is 0. The van der Waals surface area contributed by atoms with Crippen LogP contribution in [0.4, 0.5) is 4.79 Å². The van der Waals surface area contributed by atoms with Gasteiger partial charge in [-0.3, -0.25) is 4.79 Å². The normalized spacial score (nSPS) is 9.08. The summed E-state index contributed by atoms with van der Waals surface area (Å²) in [6.07, 6.45) is 0.916. The van der Waals surface area contributed by atoms with Gasteiger partial charge < -0.3 is 16.0 Å². The molecule has 0 heterocycles. The molecule has 0 rings (SSSR count). The van der Waals surface area contributed by atoms with Gasteiger partial charge in [0.2, 0.25) is 5.91 Å². The first-order valence-electron chi connectivity index (χ1n) is 4.43. The van der Waals surface area contributed by atoms with Crippen molar-refractivity contribution in [3.63, 3.8) is 0 Å². The van der Waals surface area contributed by atoms with Crippen molar-refractivity contribution in [3.8, 4) is 0 Å². The summed E-state index contributed by atoms with van der Waals surface area (Å²) in [5.41, 5.74) is 0. The molecule has 76 valence electrons. The first-order valence-corrected chi connectivity index (χ1v) is 4.43. The fourth-order valence-electron chi connectivity index (χ4n) is 0.716. The van der Waals surface area contributed by atoms with E-state index >= 15 is 0 Å². The Hall–Kier alpha value is -1.26. The van der Waals surface area contributed by atoms with Gasteiger partial charge in [0.1, 0.15) is 0 Å². The van der Waals surface area contributed by atoms with Gasteiger partial charge in [-0.2, -0.15) is 0 Å². The van der Waals surface area contributed by atoms with Gasteiger partial charge in [0.25, 0.3) is 0 Å². The second kappa shape index (κ2) is 7.39. The second-order valence-corrected chi connectivity index (χ2v) is 2.67. The number of urea groups is 1. The molecule has 5 heteroatoms. The summed E-state index contributed by atoms with van der Waals surface area (Å²) in [4.78, 5) is 21.3. The van der Waals surface area contributed by atoms with E-state index < -0.39 is 0 Å². The maximum atomic E-state index is 10.9. The number of rotatable bonds is 5. The lowest BCUT2D eigenvalue weighted by Gasteiger charge is -2.06. The van der Waals surface area contributed by atoms with Crippen LogP contribution < -0.4 is 16.0 Å². The summed E-state index contributed by atoms with van der Waals surface area (Å²) < 4.78 is 0. The molecule has 0 aromatic rings. The van der Waals surface area contributed by atoms with E-state index in [1.807, 2.05) is 6.92 Å². The predicted molar refractivity (Wildman–Crippen MR) is 50.4 cm³/mol. The van der Waals surface area contributed by atoms with Crippen molar-refractivity contribution >= 4 is 11.9 Å². The van der Waals surface area contributed by atoms with Crippen molar-refractivity contribution in [2.45, 2.75) is 20.3 Å². The number of hydrogen-bond acceptors (Lipinski definition) is 2. The first kappa shape index (κ1) is 11.7. The minimum atomic E-state index is -0.188. The van der Waals surface area contributed by atoms with Crippen molar-refractivity contribution in [1.29, 1.82) is 0 Å². The molecule has 0 aliphatic heterocycles. The van der Waals surface area contributed by atoms with E-state index in [0.717, 1.165) is 6.42 Å². The number of carbonyl (C=O) groups excluding carboxylic acids is 2. The van der Waals surface area contributed by atoms with Gasteiger partial charge in [0.05, 0.1) is 0 Å². The van der Waals surface area contributed by atoms with E-state index in [-0.39, 0.29) is 11.9 Å². The Labute approximate surface area is 78.3 Å². The summed E-state index contributed by atoms with van der Waals surface area (Å²) in [6.45, 7) is 5.02. The lowest BCUT2D eigenvalue weighted by atomic mass is 10.5. The fourth-order valence-corrected chi connectivity index (χ4v) is 0.716. The van der Waals surface area contributed by atoms with Crippen LogP contribution in [0.25, 0.3) is 0 Å². The number of amides is 3. The number of hydrogen-bond donors (Lipinski definition) is 3. The number of nitrogens with one attached hydrogen (secondary N) is 3. The van der Waals surface area contributed by atoms with Crippen LogP contribution in [0.5, 0.6) is 0 Å². The molecule has 0 bridgehead atoms. The highest BCUT2D eigenvalue weighted by molar-refractivity contribution is 5.74. The molecule has 0 atom stereocenters. The van der Waals surface area contributed by atoms with Gasteiger partial charge in [-0.15, -0.1) is 0 Å². The summed E-state index contributed by atoms with van der Waals surface area (Å²) >= 11 is 0. The second-order valence-electron chi connectivity index (χ2n) is 2.67. The highest BCUT2D eigenvalue weighted by Gasteiger charge is 1.96. The predicted octanol–water partition coefficient (Wildman–Crippen LogP) is -0.168. The van der Waals surface area contributed by atoms with Crippen molar-refractivity contribution in [2.24, 2.45) is 0 Å². The minimum Gasteiger partial charge on any atom is -0.355 e. The van der Waals surface area contributed by atoms with Crippen LogP contribution in [0.15, 0.2) is 0 Å². The topological polar surface area (TPSA) is 70.2 Å². The van der Waals surface area contributed by atoms with E-state index in [1.54, 1.807) is 0 Å². The lowest BCUT2D eigenvalue weighted by Crippen LogP contribution is -2.40. The molecule has 0 aromatic heterocycles. The molecular formula is C8H17N3O2. The standard InChI is InChI=1S/C8H17N3O2/c1-3-4-10-8(13)11-6-5-9-7(2)12/h3-6H2,1-2H3,(H,9,12)(H2,10,11,13). The molecule has 0 aliphatic carbocycles. The first-order chi connectivity index (χ1) is 6.16. The van der Waals surface area contributed by atoms with Crippen LogP contribution in [0.1, 0.15) is 20.3 Å². The van der Waals surface area contributed by atoms with Crippen LogP contribution in [0.2, 0.25) is 0 Å². The minimum absolute atomic E-state index is 0.0873. The zero-order valence-corrected chi connectivity index (χ0v) is 8.14. The maximum Gasteiger partial charge on any atom is 0.314 e. The fraction of sp³-hybridized carbons (Fsp3) is 0.750. The molecule has 5 nitrogen and oxygen atoms in total. The third-order valence-corrected chi connectivity index (χ3v) is 1.32. The van der Waals surface area contributed by atoms with E-state index in [1.165, 1.54) is 6.92 Å². The molecule has 0 fully saturated rings. The van der Waals surface area contributed by atoms with Crippen LogP contribution in [0, 0.1) is 0 Å². The average molecular weight is 187 g/mol. The monoisotopic (exact) mass is 187 g/mol. The van der Waals surface area contributed by atoms with Gasteiger partial charge in [0.15, 0.2) is 0 Å². The smallest absolute Gasteiger partial charge is 0.314 e. The van der Waals surface area contributed by atoms with Crippen molar-refractivity contribution < 1.29 is 9.59 Å². The largest absolute Gasteiger partial charge is 0.355 e. The van der Waals surface area contributed by atoms with E-state index in [4.69, 9.17) is 0 Å². The van der Waals surface area contributed by atoms with Gasteiger partial charge >= 0.3 is 6.03 Å². The van der Waals surface area contributed by atoms with Crippen LogP contribution in [-0.4, -0.2) is 31.6 Å². The molecule has 3 N–H and O–H groups in total. The van der Waals surface area contributed by atoms with Crippen LogP contribution in [-0.2, 0) is 4.79 Å². The van der Waals surface area contributed by atoms with E-state index in [2.05, 4.69) is 16.0 Å². The Morgan fingerprint density at radius 2 is 1.54 bits per heavy atom. The van der Waals surface area contributed by atoms with Gasteiger partial charge in [-0.05, 0) is 6.42 Å². The molecule has 0 aliphatic rings. The molecule has 0 spiro atoms. The highest BCUT2D eigenvalue weighted by atomic mass is 16.2. The van der Waals surface area contributed by atoms with E-state index in [9.17, 15) is 9.59 Å². The zero-order chi connectivity index (χ0) is 10.1. The zero-order valence-electron chi connectivity index (χ0n) is 8.14. The Balaban J connectivity index is 3.22. The average Bonchev–Trinajstić information content (AvgIpc) is 2.08. The SMILES string of the molecule is CCCNC(=O)NCCNC(C)=O. The molecule has 3 amide bonds. The summed E-state index contributed by atoms with van der Waals surface area (Å²) in [5.74, 6) is -0.0873. The van der Waals surface area contributed by atoms with Crippen molar-refractivity contribution in [3.05, 3.63) is 0 Å². The lowest BCUT2D eigenvalue weighted by molar-refractivity contribution is -0.118. The van der Waals surface area contributed by atoms with Crippen molar-refractivity contribution in [2.75, 3.05) is 19.6 Å². The van der Waals surface area contributed by atoms with Gasteiger partial charge in [-0.25, -0.2) is 4.79 Å². The molecule has 0 aromatic carbocycles. The third kappa shape index (κ3) is 8.65. The molecule has 0 saturated carbocycles. The Morgan fingerprint density at radius 3 is 2.08 bits per heavy atom. The highest BCUT2D eigenvalue weighted by Crippen LogP contribution is 1.70. The van der Waals surface area contributed by atoms with Gasteiger partial charge in [0, 0.05) is 26.6 Å². The van der Waals surface area contributed by atoms with Gasteiger partial charge in [-0.1, -0.05) is 6.92 Å². The Morgan fingerprint density at radius 1 is 1.00 bits per heavy atom. The Kier molecular flexibility index (Phi) is 6.68. The van der Waals surface area contributed by atoms with Crippen LogP contribution in [0.3, 0.4) is 0 Å². The summed E-state index contributed by atoms with van der Waals surface area (Å²) in [5, 5.41) is 7.84. The molecular weight excluding hydrogens is 170 g/mol. The van der Waals surface area contributed by atoms with Crippen LogP contribution >= 0.6 is 0 Å². The molecule has 0 saturated heterocycles. The summed E-state index contributed by atoms with van der Waals surface area (Å²) in [6, 6.07) is -0.188.